The number of hydrogen-bond donors (Lipinski definition) is 1. The second-order valence-corrected chi connectivity index (χ2v) is 7.26. The third-order valence-corrected chi connectivity index (χ3v) is 5.58. The lowest BCUT2D eigenvalue weighted by Gasteiger charge is -2.28. The monoisotopic (exact) mass is 413 g/mol. The van der Waals surface area contributed by atoms with E-state index in [1.807, 2.05) is 48.5 Å². The molecule has 0 radical (unpaired) electrons. The lowest BCUT2D eigenvalue weighted by Crippen LogP contribution is -2.19. The first kappa shape index (κ1) is 19.1. The summed E-state index contributed by atoms with van der Waals surface area (Å²) in [6.07, 6.45) is 2.19. The Morgan fingerprint density at radius 3 is 2.52 bits per heavy atom. The van der Waals surface area contributed by atoms with Crippen LogP contribution < -0.4 is 19.5 Å². The zero-order chi connectivity index (χ0) is 21.4. The molecule has 0 amide bonds. The van der Waals surface area contributed by atoms with Crippen molar-refractivity contribution in [2.45, 2.75) is 6.04 Å². The van der Waals surface area contributed by atoms with Crippen LogP contribution in [-0.2, 0) is 0 Å². The quantitative estimate of drug-likeness (QED) is 0.492. The molecule has 4 aromatic rings. The van der Waals surface area contributed by atoms with Crippen LogP contribution in [0.5, 0.6) is 17.2 Å². The van der Waals surface area contributed by atoms with Crippen molar-refractivity contribution in [2.75, 3.05) is 26.6 Å². The highest BCUT2D eigenvalue weighted by Crippen LogP contribution is 2.43. The third kappa shape index (κ3) is 3.17. The number of fused-ring (bicyclic) bond motifs is 3. The lowest BCUT2D eigenvalue weighted by molar-refractivity contribution is 0.350. The van der Waals surface area contributed by atoms with Crippen LogP contribution >= 0.6 is 0 Å². The molecule has 1 atom stereocenters. The van der Waals surface area contributed by atoms with Gasteiger partial charge in [-0.25, -0.2) is 4.98 Å². The van der Waals surface area contributed by atoms with Crippen molar-refractivity contribution in [1.29, 1.82) is 0 Å². The number of allylic oxidation sites excluding steroid dienone is 1. The van der Waals surface area contributed by atoms with Crippen LogP contribution in [-0.4, -0.2) is 30.9 Å². The van der Waals surface area contributed by atoms with Gasteiger partial charge in [0.1, 0.15) is 5.75 Å². The SMILES string of the molecule is COc1cccc(C2=C[C@@H](c3cccc(OC)c3OC)n3c(nc4ccccc43)N2)c1. The summed E-state index contributed by atoms with van der Waals surface area (Å²) in [5.74, 6) is 2.98. The molecule has 3 aromatic carbocycles. The largest absolute Gasteiger partial charge is 0.497 e. The van der Waals surface area contributed by atoms with Gasteiger partial charge in [-0.2, -0.15) is 0 Å². The topological polar surface area (TPSA) is 57.5 Å². The normalized spacial score (nSPS) is 15.1. The van der Waals surface area contributed by atoms with E-state index < -0.39 is 0 Å². The first-order valence-electron chi connectivity index (χ1n) is 10.0. The number of anilines is 1. The second-order valence-electron chi connectivity index (χ2n) is 7.26. The standard InChI is InChI=1S/C25H23N3O3/c1-29-17-9-6-8-16(14-17)20-15-22(18-10-7-13-23(30-2)24(18)31-3)28-21-12-5-4-11-19(21)26-25(28)27-20/h4-15,22H,1-3H3,(H,26,27)/t22-/m0/s1. The molecule has 0 aliphatic carbocycles. The van der Waals surface area contributed by atoms with Crippen molar-refractivity contribution in [3.63, 3.8) is 0 Å². The van der Waals surface area contributed by atoms with Gasteiger partial charge in [0.15, 0.2) is 11.5 Å². The van der Waals surface area contributed by atoms with E-state index in [1.54, 1.807) is 21.3 Å². The van der Waals surface area contributed by atoms with E-state index in [4.69, 9.17) is 19.2 Å². The van der Waals surface area contributed by atoms with E-state index >= 15 is 0 Å². The Kier molecular flexibility index (Phi) is 4.75. The molecule has 1 aliphatic heterocycles. The molecule has 6 heteroatoms. The van der Waals surface area contributed by atoms with E-state index in [9.17, 15) is 0 Å². The van der Waals surface area contributed by atoms with Gasteiger partial charge in [0, 0.05) is 16.8 Å². The molecular formula is C25H23N3O3. The van der Waals surface area contributed by atoms with Crippen LogP contribution in [0, 0.1) is 0 Å². The van der Waals surface area contributed by atoms with Crippen molar-refractivity contribution in [3.05, 3.63) is 83.9 Å². The smallest absolute Gasteiger partial charge is 0.209 e. The fourth-order valence-electron chi connectivity index (χ4n) is 4.14. The molecule has 1 N–H and O–H groups in total. The molecule has 0 unspecified atom stereocenters. The molecule has 0 saturated heterocycles. The summed E-state index contributed by atoms with van der Waals surface area (Å²) in [6, 6.07) is 21.9. The minimum Gasteiger partial charge on any atom is -0.497 e. The maximum Gasteiger partial charge on any atom is 0.209 e. The van der Waals surface area contributed by atoms with Crippen LogP contribution in [0.15, 0.2) is 72.8 Å². The minimum atomic E-state index is -0.144. The van der Waals surface area contributed by atoms with E-state index in [-0.39, 0.29) is 6.04 Å². The van der Waals surface area contributed by atoms with Gasteiger partial charge in [-0.15, -0.1) is 0 Å². The Bertz CT molecular complexity index is 1290. The van der Waals surface area contributed by atoms with Gasteiger partial charge in [0.2, 0.25) is 5.95 Å². The predicted octanol–water partition coefficient (Wildman–Crippen LogP) is 5.12. The number of aromatic nitrogens is 2. The van der Waals surface area contributed by atoms with Crippen LogP contribution in [0.3, 0.4) is 0 Å². The zero-order valence-electron chi connectivity index (χ0n) is 17.6. The highest BCUT2D eigenvalue weighted by molar-refractivity contribution is 5.86. The number of nitrogens with zero attached hydrogens (tertiary/aromatic N) is 2. The summed E-state index contributed by atoms with van der Waals surface area (Å²) in [7, 11) is 4.99. The van der Waals surface area contributed by atoms with Crippen LogP contribution in [0.4, 0.5) is 5.95 Å². The van der Waals surface area contributed by atoms with E-state index in [0.717, 1.165) is 39.6 Å². The molecule has 31 heavy (non-hydrogen) atoms. The molecule has 0 saturated carbocycles. The molecule has 0 bridgehead atoms. The number of nitrogens with one attached hydrogen (secondary N) is 1. The number of ether oxygens (including phenoxy) is 3. The molecule has 0 fully saturated rings. The number of benzene rings is 3. The van der Waals surface area contributed by atoms with Gasteiger partial charge in [-0.3, -0.25) is 4.57 Å². The Morgan fingerprint density at radius 1 is 0.871 bits per heavy atom. The van der Waals surface area contributed by atoms with Crippen molar-refractivity contribution in [3.8, 4) is 17.2 Å². The number of para-hydroxylation sites is 3. The first-order valence-corrected chi connectivity index (χ1v) is 10.0. The number of methoxy groups -OCH3 is 3. The highest BCUT2D eigenvalue weighted by atomic mass is 16.5. The van der Waals surface area contributed by atoms with Crippen molar-refractivity contribution in [2.24, 2.45) is 0 Å². The number of imidazole rings is 1. The number of hydrogen-bond acceptors (Lipinski definition) is 5. The third-order valence-electron chi connectivity index (χ3n) is 5.58. The van der Waals surface area contributed by atoms with E-state index in [0.29, 0.717) is 11.5 Å². The Morgan fingerprint density at radius 2 is 1.71 bits per heavy atom. The maximum atomic E-state index is 5.77. The highest BCUT2D eigenvalue weighted by Gasteiger charge is 2.28. The number of rotatable bonds is 5. The summed E-state index contributed by atoms with van der Waals surface area (Å²) < 4.78 is 19.0. The maximum absolute atomic E-state index is 5.77. The summed E-state index contributed by atoms with van der Waals surface area (Å²) in [4.78, 5) is 4.85. The average molecular weight is 413 g/mol. The molecule has 1 aliphatic rings. The van der Waals surface area contributed by atoms with Crippen molar-refractivity contribution >= 4 is 22.7 Å². The molecule has 2 heterocycles. The fourth-order valence-corrected chi connectivity index (χ4v) is 4.14. The minimum absolute atomic E-state index is 0.144. The summed E-state index contributed by atoms with van der Waals surface area (Å²) in [6.45, 7) is 0. The summed E-state index contributed by atoms with van der Waals surface area (Å²) >= 11 is 0. The van der Waals surface area contributed by atoms with Gasteiger partial charge in [-0.05, 0) is 36.4 Å². The molecular weight excluding hydrogens is 390 g/mol. The second kappa shape index (κ2) is 7.72. The van der Waals surface area contributed by atoms with E-state index in [2.05, 4.69) is 34.2 Å². The molecule has 5 rings (SSSR count). The van der Waals surface area contributed by atoms with E-state index in [1.165, 1.54) is 0 Å². The Balaban J connectivity index is 1.75. The van der Waals surface area contributed by atoms with Gasteiger partial charge in [-0.1, -0.05) is 36.4 Å². The molecule has 6 nitrogen and oxygen atoms in total. The fraction of sp³-hybridized carbons (Fsp3) is 0.160. The van der Waals surface area contributed by atoms with Gasteiger partial charge in [0.25, 0.3) is 0 Å². The first-order chi connectivity index (χ1) is 15.2. The predicted molar refractivity (Wildman–Crippen MR) is 122 cm³/mol. The summed E-state index contributed by atoms with van der Waals surface area (Å²) in [5, 5.41) is 3.51. The van der Waals surface area contributed by atoms with Crippen LogP contribution in [0.2, 0.25) is 0 Å². The summed E-state index contributed by atoms with van der Waals surface area (Å²) in [5.41, 5.74) is 4.94. The molecule has 1 aromatic heterocycles. The van der Waals surface area contributed by atoms with Crippen molar-refractivity contribution < 1.29 is 14.2 Å². The van der Waals surface area contributed by atoms with Crippen LogP contribution in [0.25, 0.3) is 16.7 Å². The Labute approximate surface area is 180 Å². The van der Waals surface area contributed by atoms with Gasteiger partial charge >= 0.3 is 0 Å². The molecule has 156 valence electrons. The molecule has 0 spiro atoms. The average Bonchev–Trinajstić information content (AvgIpc) is 3.21. The van der Waals surface area contributed by atoms with Gasteiger partial charge < -0.3 is 19.5 Å². The van der Waals surface area contributed by atoms with Crippen molar-refractivity contribution in [1.82, 2.24) is 9.55 Å². The lowest BCUT2D eigenvalue weighted by atomic mass is 9.99. The van der Waals surface area contributed by atoms with Crippen LogP contribution in [0.1, 0.15) is 17.2 Å². The Hall–Kier alpha value is -3.93. The van der Waals surface area contributed by atoms with Gasteiger partial charge in [0.05, 0.1) is 38.4 Å². The zero-order valence-corrected chi connectivity index (χ0v) is 17.6.